The van der Waals surface area contributed by atoms with Crippen molar-refractivity contribution in [1.29, 1.82) is 0 Å². The zero-order valence-electron chi connectivity index (χ0n) is 13.2. The molecule has 1 aliphatic carbocycles. The molecular formula is C18H17N6+. The maximum atomic E-state index is 4.63. The molecule has 4 heterocycles. The topological polar surface area (TPSA) is 50.5 Å². The van der Waals surface area contributed by atoms with Crippen LogP contribution in [-0.4, -0.2) is 41.3 Å². The van der Waals surface area contributed by atoms with Gasteiger partial charge >= 0.3 is 5.95 Å². The second-order valence-corrected chi connectivity index (χ2v) is 6.28. The van der Waals surface area contributed by atoms with Gasteiger partial charge in [-0.2, -0.15) is 4.52 Å². The smallest absolute Gasteiger partial charge is 0.306 e. The molecule has 0 atom stereocenters. The maximum absolute atomic E-state index is 4.63. The first-order chi connectivity index (χ1) is 11.8. The van der Waals surface area contributed by atoms with E-state index in [2.05, 4.69) is 40.1 Å². The molecule has 0 spiro atoms. The van der Waals surface area contributed by atoms with E-state index in [0.29, 0.717) is 12.0 Å². The second-order valence-electron chi connectivity index (χ2n) is 6.28. The summed E-state index contributed by atoms with van der Waals surface area (Å²) < 4.78 is 5.84. The van der Waals surface area contributed by atoms with Crippen molar-refractivity contribution in [2.45, 2.75) is 25.3 Å². The van der Waals surface area contributed by atoms with Gasteiger partial charge in [0.15, 0.2) is 0 Å². The predicted molar refractivity (Wildman–Crippen MR) is 91.9 cm³/mol. The average Bonchev–Trinajstić information content (AvgIpc) is 3.18. The molecule has 6 heteroatoms. The zero-order valence-corrected chi connectivity index (χ0v) is 13.2. The van der Waals surface area contributed by atoms with Crippen molar-refractivity contribution in [3.63, 3.8) is 0 Å². The third-order valence-electron chi connectivity index (χ3n) is 4.88. The molecule has 0 saturated heterocycles. The van der Waals surface area contributed by atoms with Gasteiger partial charge in [-0.05, 0) is 37.5 Å². The summed E-state index contributed by atoms with van der Waals surface area (Å²) in [5, 5.41) is 4.63. The number of hydrogen-bond donors (Lipinski definition) is 0. The highest BCUT2D eigenvalue weighted by atomic mass is 15.3. The van der Waals surface area contributed by atoms with Gasteiger partial charge in [0.1, 0.15) is 17.4 Å². The fourth-order valence-corrected chi connectivity index (χ4v) is 3.21. The molecule has 24 heavy (non-hydrogen) atoms. The maximum Gasteiger partial charge on any atom is 0.453 e. The molecule has 1 fully saturated rings. The van der Waals surface area contributed by atoms with Crippen molar-refractivity contribution in [1.82, 2.24) is 24.0 Å². The highest BCUT2D eigenvalue weighted by Gasteiger charge is 2.27. The molecular weight excluding hydrogens is 300 g/mol. The second kappa shape index (κ2) is 4.99. The first kappa shape index (κ1) is 13.4. The van der Waals surface area contributed by atoms with Crippen LogP contribution in [0.4, 0.5) is 5.95 Å². The van der Waals surface area contributed by atoms with Gasteiger partial charge in [-0.3, -0.25) is 0 Å². The van der Waals surface area contributed by atoms with Crippen LogP contribution in [0.2, 0.25) is 0 Å². The van der Waals surface area contributed by atoms with E-state index in [1.54, 1.807) is 6.20 Å². The predicted octanol–water partition coefficient (Wildman–Crippen LogP) is 2.94. The quantitative estimate of drug-likeness (QED) is 0.431. The Labute approximate surface area is 138 Å². The van der Waals surface area contributed by atoms with Crippen LogP contribution in [0, 0.1) is 0 Å². The summed E-state index contributed by atoms with van der Waals surface area (Å²) in [5.41, 5.74) is 4.15. The molecule has 0 unspecified atom stereocenters. The minimum atomic E-state index is 0.473. The third kappa shape index (κ3) is 1.96. The molecule has 0 N–H and O–H groups in total. The molecule has 118 valence electrons. The minimum Gasteiger partial charge on any atom is -0.306 e. The first-order valence-corrected chi connectivity index (χ1v) is 8.17. The Bertz CT molecular complexity index is 1070. The fraction of sp³-hybridized carbons (Fsp3) is 0.222. The van der Waals surface area contributed by atoms with Crippen molar-refractivity contribution < 1.29 is 4.58 Å². The van der Waals surface area contributed by atoms with E-state index in [9.17, 15) is 0 Å². The zero-order chi connectivity index (χ0) is 16.1. The van der Waals surface area contributed by atoms with Crippen LogP contribution < -0.4 is 0 Å². The van der Waals surface area contributed by atoms with Crippen molar-refractivity contribution in [3.05, 3.63) is 49.2 Å². The molecule has 0 aliphatic heterocycles. The van der Waals surface area contributed by atoms with Crippen LogP contribution in [0.1, 0.15) is 19.3 Å². The largest absolute Gasteiger partial charge is 0.453 e. The highest BCUT2D eigenvalue weighted by Crippen LogP contribution is 2.28. The molecule has 1 saturated carbocycles. The molecule has 0 amide bonds. The van der Waals surface area contributed by atoms with Crippen LogP contribution in [0.25, 0.3) is 22.3 Å². The number of fused-ring (bicyclic) bond motifs is 2. The van der Waals surface area contributed by atoms with E-state index < -0.39 is 0 Å². The van der Waals surface area contributed by atoms with Gasteiger partial charge in [-0.1, -0.05) is 4.98 Å². The molecule has 5 rings (SSSR count). The SMILES string of the molecule is C=[N+](c1ncc2c(-c3ccc4nccn4c3)ccn2n1)C1CCC1. The first-order valence-electron chi connectivity index (χ1n) is 8.17. The van der Waals surface area contributed by atoms with E-state index in [0.717, 1.165) is 22.3 Å². The molecule has 4 aromatic heterocycles. The molecule has 0 aromatic carbocycles. The lowest BCUT2D eigenvalue weighted by molar-refractivity contribution is -0.499. The van der Waals surface area contributed by atoms with E-state index >= 15 is 0 Å². The lowest BCUT2D eigenvalue weighted by Gasteiger charge is -2.24. The van der Waals surface area contributed by atoms with E-state index in [1.807, 2.05) is 38.1 Å². The van der Waals surface area contributed by atoms with Gasteiger partial charge in [0, 0.05) is 47.7 Å². The van der Waals surface area contributed by atoms with Crippen molar-refractivity contribution in [2.75, 3.05) is 0 Å². The lowest BCUT2D eigenvalue weighted by Crippen LogP contribution is -2.29. The number of nitrogens with zero attached hydrogens (tertiary/aromatic N) is 6. The molecule has 0 radical (unpaired) electrons. The van der Waals surface area contributed by atoms with Crippen LogP contribution in [0.3, 0.4) is 0 Å². The number of hydrogen-bond acceptors (Lipinski definition) is 3. The Balaban J connectivity index is 1.58. The normalized spacial score (nSPS) is 15.0. The molecule has 1 aliphatic rings. The summed E-state index contributed by atoms with van der Waals surface area (Å²) in [4.78, 5) is 8.82. The number of pyridine rings is 1. The Morgan fingerprint density at radius 1 is 1.12 bits per heavy atom. The van der Waals surface area contributed by atoms with Gasteiger partial charge in [0.2, 0.25) is 0 Å². The van der Waals surface area contributed by atoms with Gasteiger partial charge in [0.25, 0.3) is 0 Å². The fourth-order valence-electron chi connectivity index (χ4n) is 3.21. The van der Waals surface area contributed by atoms with Gasteiger partial charge in [0.05, 0.1) is 6.04 Å². The molecule has 6 nitrogen and oxygen atoms in total. The highest BCUT2D eigenvalue weighted by molar-refractivity contribution is 5.80. The number of rotatable bonds is 3. The summed E-state index contributed by atoms with van der Waals surface area (Å²) in [6, 6.07) is 6.64. The Morgan fingerprint density at radius 2 is 2.04 bits per heavy atom. The number of imidazole rings is 1. The summed E-state index contributed by atoms with van der Waals surface area (Å²) >= 11 is 0. The Hall–Kier alpha value is -3.02. The van der Waals surface area contributed by atoms with Crippen molar-refractivity contribution in [3.8, 4) is 11.1 Å². The summed E-state index contributed by atoms with van der Waals surface area (Å²) in [6.45, 7) is 4.12. The van der Waals surface area contributed by atoms with Crippen LogP contribution in [-0.2, 0) is 0 Å². The van der Waals surface area contributed by atoms with Crippen molar-refractivity contribution >= 4 is 23.8 Å². The third-order valence-corrected chi connectivity index (χ3v) is 4.88. The van der Waals surface area contributed by atoms with Crippen LogP contribution >= 0.6 is 0 Å². The summed E-state index contributed by atoms with van der Waals surface area (Å²) in [5.74, 6) is 0.680. The van der Waals surface area contributed by atoms with Gasteiger partial charge in [-0.15, -0.1) is 0 Å². The summed E-state index contributed by atoms with van der Waals surface area (Å²) in [7, 11) is 0. The Morgan fingerprint density at radius 3 is 2.88 bits per heavy atom. The van der Waals surface area contributed by atoms with E-state index in [4.69, 9.17) is 0 Å². The van der Waals surface area contributed by atoms with Crippen molar-refractivity contribution in [2.24, 2.45) is 0 Å². The van der Waals surface area contributed by atoms with Gasteiger partial charge in [-0.25, -0.2) is 9.56 Å². The standard InChI is InChI=1S/C18H17N6/c1-22(14-3-2-4-14)18-20-11-16-15(7-9-24(16)21-18)13-5-6-17-19-8-10-23(17)12-13/h5-12,14H,1-4H2/q+1. The molecule has 0 bridgehead atoms. The lowest BCUT2D eigenvalue weighted by atomic mass is 9.93. The minimum absolute atomic E-state index is 0.473. The van der Waals surface area contributed by atoms with Crippen LogP contribution in [0.15, 0.2) is 49.2 Å². The van der Waals surface area contributed by atoms with Crippen LogP contribution in [0.5, 0.6) is 0 Å². The number of aromatic nitrogens is 5. The monoisotopic (exact) mass is 317 g/mol. The van der Waals surface area contributed by atoms with Gasteiger partial charge < -0.3 is 4.40 Å². The Kier molecular flexibility index (Phi) is 2.79. The molecule has 4 aromatic rings. The summed E-state index contributed by atoms with van der Waals surface area (Å²) in [6.07, 6.45) is 13.3. The van der Waals surface area contributed by atoms with E-state index in [1.165, 1.54) is 19.3 Å². The van der Waals surface area contributed by atoms with E-state index in [-0.39, 0.29) is 0 Å². The average molecular weight is 317 g/mol.